The van der Waals surface area contributed by atoms with Crippen molar-refractivity contribution in [2.45, 2.75) is 78.7 Å². The molecule has 0 radical (unpaired) electrons. The molecular formula is C15H33N. The summed E-state index contributed by atoms with van der Waals surface area (Å²) in [6, 6.07) is 0.749. The fraction of sp³-hybridized carbons (Fsp3) is 1.00. The molecule has 0 aromatic rings. The first-order chi connectivity index (χ1) is 7.65. The van der Waals surface area contributed by atoms with Gasteiger partial charge >= 0.3 is 0 Å². The summed E-state index contributed by atoms with van der Waals surface area (Å²) in [6.45, 7) is 9.26. The molecule has 0 aromatic carbocycles. The van der Waals surface area contributed by atoms with E-state index in [-0.39, 0.29) is 0 Å². The van der Waals surface area contributed by atoms with Gasteiger partial charge in [-0.1, -0.05) is 53.4 Å². The Morgan fingerprint density at radius 1 is 0.875 bits per heavy atom. The van der Waals surface area contributed by atoms with Gasteiger partial charge < -0.3 is 5.32 Å². The van der Waals surface area contributed by atoms with Gasteiger partial charge in [-0.2, -0.15) is 0 Å². The van der Waals surface area contributed by atoms with Gasteiger partial charge in [0.25, 0.3) is 0 Å². The first-order valence-corrected chi connectivity index (χ1v) is 7.32. The fourth-order valence-corrected chi connectivity index (χ4v) is 2.65. The third-order valence-electron chi connectivity index (χ3n) is 3.56. The molecule has 0 spiro atoms. The summed E-state index contributed by atoms with van der Waals surface area (Å²) in [6.07, 6.45) is 9.55. The summed E-state index contributed by atoms with van der Waals surface area (Å²) < 4.78 is 0. The molecule has 1 atom stereocenters. The summed E-state index contributed by atoms with van der Waals surface area (Å²) in [4.78, 5) is 0. The van der Waals surface area contributed by atoms with E-state index in [9.17, 15) is 0 Å². The van der Waals surface area contributed by atoms with E-state index in [0.717, 1.165) is 17.9 Å². The average molecular weight is 227 g/mol. The molecule has 98 valence electrons. The minimum atomic E-state index is 0.749. The smallest absolute Gasteiger partial charge is 0.00923 e. The first-order valence-electron chi connectivity index (χ1n) is 7.32. The highest BCUT2D eigenvalue weighted by Crippen LogP contribution is 2.22. The van der Waals surface area contributed by atoms with Crippen LogP contribution in [0.15, 0.2) is 0 Å². The van der Waals surface area contributed by atoms with Crippen LogP contribution in [-0.4, -0.2) is 13.1 Å². The molecule has 0 bridgehead atoms. The zero-order valence-electron chi connectivity index (χ0n) is 12.2. The second-order valence-corrected chi connectivity index (χ2v) is 5.56. The van der Waals surface area contributed by atoms with Gasteiger partial charge in [-0.05, 0) is 38.1 Å². The predicted molar refractivity (Wildman–Crippen MR) is 74.8 cm³/mol. The van der Waals surface area contributed by atoms with Crippen LogP contribution in [0.2, 0.25) is 0 Å². The van der Waals surface area contributed by atoms with Crippen molar-refractivity contribution in [3.63, 3.8) is 0 Å². The molecule has 1 nitrogen and oxygen atoms in total. The Balaban J connectivity index is 3.98. The maximum Gasteiger partial charge on any atom is 0.00923 e. The minimum Gasteiger partial charge on any atom is -0.317 e. The topological polar surface area (TPSA) is 12.0 Å². The van der Waals surface area contributed by atoms with Gasteiger partial charge in [0.15, 0.2) is 0 Å². The summed E-state index contributed by atoms with van der Waals surface area (Å²) >= 11 is 0. The lowest BCUT2D eigenvalue weighted by molar-refractivity contribution is 0.299. The Kier molecular flexibility index (Phi) is 10.1. The number of hydrogen-bond donors (Lipinski definition) is 1. The summed E-state index contributed by atoms with van der Waals surface area (Å²) in [5, 5.41) is 3.55. The maximum absolute atomic E-state index is 3.55. The van der Waals surface area contributed by atoms with Crippen molar-refractivity contribution in [1.29, 1.82) is 0 Å². The van der Waals surface area contributed by atoms with E-state index < -0.39 is 0 Å². The quantitative estimate of drug-likeness (QED) is 0.574. The second kappa shape index (κ2) is 10.1. The van der Waals surface area contributed by atoms with E-state index in [0.29, 0.717) is 0 Å². The molecular weight excluding hydrogens is 194 g/mol. The summed E-state index contributed by atoms with van der Waals surface area (Å²) in [7, 11) is 2.14. The Morgan fingerprint density at radius 2 is 1.44 bits per heavy atom. The molecule has 0 saturated carbocycles. The molecule has 0 heterocycles. The van der Waals surface area contributed by atoms with Crippen molar-refractivity contribution in [3.8, 4) is 0 Å². The first kappa shape index (κ1) is 16.0. The Morgan fingerprint density at radius 3 is 1.81 bits per heavy atom. The van der Waals surface area contributed by atoms with Crippen LogP contribution >= 0.6 is 0 Å². The molecule has 0 aliphatic heterocycles. The van der Waals surface area contributed by atoms with E-state index in [2.05, 4.69) is 40.1 Å². The second-order valence-electron chi connectivity index (χ2n) is 5.56. The third-order valence-corrected chi connectivity index (χ3v) is 3.56. The largest absolute Gasteiger partial charge is 0.317 e. The van der Waals surface area contributed by atoms with Crippen LogP contribution in [0, 0.1) is 11.8 Å². The molecule has 0 aliphatic carbocycles. The number of hydrogen-bond acceptors (Lipinski definition) is 1. The maximum atomic E-state index is 3.55. The van der Waals surface area contributed by atoms with Crippen molar-refractivity contribution in [2.24, 2.45) is 11.8 Å². The van der Waals surface area contributed by atoms with Gasteiger partial charge in [-0.25, -0.2) is 0 Å². The Hall–Kier alpha value is -0.0400. The molecule has 0 amide bonds. The molecule has 0 aromatic heterocycles. The number of nitrogens with one attached hydrogen (secondary N) is 1. The predicted octanol–water partition coefficient (Wildman–Crippen LogP) is 4.62. The van der Waals surface area contributed by atoms with Crippen molar-refractivity contribution >= 4 is 0 Å². The van der Waals surface area contributed by atoms with Crippen LogP contribution in [0.25, 0.3) is 0 Å². The van der Waals surface area contributed by atoms with Gasteiger partial charge in [0.1, 0.15) is 0 Å². The van der Waals surface area contributed by atoms with Gasteiger partial charge in [-0.15, -0.1) is 0 Å². The van der Waals surface area contributed by atoms with Gasteiger partial charge in [0, 0.05) is 6.04 Å². The van der Waals surface area contributed by atoms with Crippen LogP contribution in [-0.2, 0) is 0 Å². The summed E-state index contributed by atoms with van der Waals surface area (Å²) in [5.41, 5.74) is 0. The zero-order chi connectivity index (χ0) is 12.4. The highest BCUT2D eigenvalue weighted by molar-refractivity contribution is 4.75. The van der Waals surface area contributed by atoms with Gasteiger partial charge in [-0.3, -0.25) is 0 Å². The van der Waals surface area contributed by atoms with Crippen molar-refractivity contribution in [1.82, 2.24) is 5.32 Å². The van der Waals surface area contributed by atoms with Crippen molar-refractivity contribution < 1.29 is 0 Å². The fourth-order valence-electron chi connectivity index (χ4n) is 2.65. The van der Waals surface area contributed by atoms with Crippen LogP contribution in [0.5, 0.6) is 0 Å². The van der Waals surface area contributed by atoms with E-state index in [1.807, 2.05) is 0 Å². The van der Waals surface area contributed by atoms with Crippen LogP contribution < -0.4 is 5.32 Å². The Labute approximate surface area is 103 Å². The molecule has 16 heavy (non-hydrogen) atoms. The molecule has 1 N–H and O–H groups in total. The van der Waals surface area contributed by atoms with E-state index in [1.54, 1.807) is 0 Å². The van der Waals surface area contributed by atoms with Crippen LogP contribution in [0.4, 0.5) is 0 Å². The standard InChI is InChI=1S/C15H33N/c1-6-9-14(10-7-2)15(16-5)12-8-11-13(3)4/h13-16H,6-12H2,1-5H3. The van der Waals surface area contributed by atoms with Crippen LogP contribution in [0.3, 0.4) is 0 Å². The monoisotopic (exact) mass is 227 g/mol. The van der Waals surface area contributed by atoms with Crippen molar-refractivity contribution in [3.05, 3.63) is 0 Å². The lowest BCUT2D eigenvalue weighted by Gasteiger charge is -2.26. The molecule has 0 saturated heterocycles. The third kappa shape index (κ3) is 7.27. The van der Waals surface area contributed by atoms with E-state index >= 15 is 0 Å². The minimum absolute atomic E-state index is 0.749. The molecule has 0 rings (SSSR count). The lowest BCUT2D eigenvalue weighted by atomic mass is 9.87. The molecule has 0 fully saturated rings. The molecule has 0 aliphatic rings. The SMILES string of the molecule is CCCC(CCC)C(CCCC(C)C)NC. The molecule has 1 heteroatoms. The average Bonchev–Trinajstić information content (AvgIpc) is 2.24. The van der Waals surface area contributed by atoms with E-state index in [1.165, 1.54) is 44.9 Å². The Bertz CT molecular complexity index is 136. The molecule has 1 unspecified atom stereocenters. The number of rotatable bonds is 10. The van der Waals surface area contributed by atoms with Gasteiger partial charge in [0.2, 0.25) is 0 Å². The van der Waals surface area contributed by atoms with Crippen LogP contribution in [0.1, 0.15) is 72.6 Å². The lowest BCUT2D eigenvalue weighted by Crippen LogP contribution is -2.33. The van der Waals surface area contributed by atoms with Gasteiger partial charge in [0.05, 0.1) is 0 Å². The van der Waals surface area contributed by atoms with E-state index in [4.69, 9.17) is 0 Å². The summed E-state index contributed by atoms with van der Waals surface area (Å²) in [5.74, 6) is 1.75. The zero-order valence-corrected chi connectivity index (χ0v) is 12.2. The highest BCUT2D eigenvalue weighted by Gasteiger charge is 2.17. The van der Waals surface area contributed by atoms with Crippen molar-refractivity contribution in [2.75, 3.05) is 7.05 Å². The highest BCUT2D eigenvalue weighted by atomic mass is 14.9. The normalized spacial score (nSPS) is 13.7.